The summed E-state index contributed by atoms with van der Waals surface area (Å²) in [5.74, 6) is 0. The molecular weight excluding hydrogens is 180 g/mol. The van der Waals surface area contributed by atoms with E-state index < -0.39 is 11.0 Å². The first-order chi connectivity index (χ1) is 6.58. The summed E-state index contributed by atoms with van der Waals surface area (Å²) >= 11 is 0. The highest BCUT2D eigenvalue weighted by atomic mass is 16.5. The second-order valence-corrected chi connectivity index (χ2v) is 4.66. The van der Waals surface area contributed by atoms with Gasteiger partial charge in [-0.3, -0.25) is 0 Å². The molecule has 1 saturated heterocycles. The maximum Gasteiger partial charge on any atom is 0.0955 e. The third kappa shape index (κ3) is 2.10. The SMILES string of the molecule is CCCC(C)(CO)C1(O)CCCOC1. The van der Waals surface area contributed by atoms with Gasteiger partial charge in [-0.05, 0) is 19.3 Å². The Balaban J connectivity index is 2.73. The van der Waals surface area contributed by atoms with Gasteiger partial charge in [-0.15, -0.1) is 0 Å². The van der Waals surface area contributed by atoms with E-state index in [9.17, 15) is 10.2 Å². The Morgan fingerprint density at radius 2 is 2.21 bits per heavy atom. The highest BCUT2D eigenvalue weighted by molar-refractivity contribution is 4.97. The molecule has 84 valence electrons. The van der Waals surface area contributed by atoms with Crippen molar-refractivity contribution in [1.82, 2.24) is 0 Å². The minimum atomic E-state index is -0.837. The van der Waals surface area contributed by atoms with Crippen LogP contribution in [0.25, 0.3) is 0 Å². The molecule has 1 rings (SSSR count). The van der Waals surface area contributed by atoms with Crippen molar-refractivity contribution in [1.29, 1.82) is 0 Å². The van der Waals surface area contributed by atoms with E-state index in [-0.39, 0.29) is 6.61 Å². The Bertz CT molecular complexity index is 168. The monoisotopic (exact) mass is 202 g/mol. The quantitative estimate of drug-likeness (QED) is 0.723. The van der Waals surface area contributed by atoms with Gasteiger partial charge in [-0.1, -0.05) is 20.3 Å². The largest absolute Gasteiger partial charge is 0.396 e. The summed E-state index contributed by atoms with van der Waals surface area (Å²) in [6.45, 7) is 5.15. The van der Waals surface area contributed by atoms with E-state index in [1.807, 2.05) is 6.92 Å². The molecule has 0 aromatic carbocycles. The zero-order chi connectivity index (χ0) is 10.7. The number of hydrogen-bond donors (Lipinski definition) is 2. The first kappa shape index (κ1) is 12.0. The molecule has 1 aliphatic heterocycles. The van der Waals surface area contributed by atoms with Crippen molar-refractivity contribution in [2.75, 3.05) is 19.8 Å². The van der Waals surface area contributed by atoms with Crippen molar-refractivity contribution in [3.8, 4) is 0 Å². The molecule has 14 heavy (non-hydrogen) atoms. The Morgan fingerprint density at radius 1 is 1.50 bits per heavy atom. The minimum Gasteiger partial charge on any atom is -0.396 e. The van der Waals surface area contributed by atoms with E-state index in [2.05, 4.69) is 6.92 Å². The van der Waals surface area contributed by atoms with Gasteiger partial charge in [-0.25, -0.2) is 0 Å². The van der Waals surface area contributed by atoms with Crippen molar-refractivity contribution in [3.05, 3.63) is 0 Å². The van der Waals surface area contributed by atoms with Crippen molar-refractivity contribution in [3.63, 3.8) is 0 Å². The molecule has 3 heteroatoms. The fourth-order valence-electron chi connectivity index (χ4n) is 2.27. The Hall–Kier alpha value is -0.120. The summed E-state index contributed by atoms with van der Waals surface area (Å²) in [7, 11) is 0. The molecule has 1 aliphatic rings. The lowest BCUT2D eigenvalue weighted by molar-refractivity contribution is -0.171. The van der Waals surface area contributed by atoms with Gasteiger partial charge in [0.2, 0.25) is 0 Å². The number of aliphatic hydroxyl groups excluding tert-OH is 1. The van der Waals surface area contributed by atoms with Crippen LogP contribution in [0, 0.1) is 5.41 Å². The van der Waals surface area contributed by atoms with Crippen molar-refractivity contribution in [2.45, 2.75) is 45.1 Å². The van der Waals surface area contributed by atoms with Gasteiger partial charge < -0.3 is 14.9 Å². The first-order valence-electron chi connectivity index (χ1n) is 5.49. The van der Waals surface area contributed by atoms with Crippen LogP contribution in [0.1, 0.15) is 39.5 Å². The molecule has 0 spiro atoms. The van der Waals surface area contributed by atoms with Gasteiger partial charge in [0.1, 0.15) is 0 Å². The molecule has 1 heterocycles. The molecule has 0 amide bonds. The lowest BCUT2D eigenvalue weighted by atomic mass is 9.68. The van der Waals surface area contributed by atoms with Gasteiger partial charge in [0.25, 0.3) is 0 Å². The van der Waals surface area contributed by atoms with Crippen molar-refractivity contribution >= 4 is 0 Å². The molecule has 1 fully saturated rings. The van der Waals surface area contributed by atoms with Crippen LogP contribution >= 0.6 is 0 Å². The number of rotatable bonds is 4. The van der Waals surface area contributed by atoms with Crippen LogP contribution in [-0.2, 0) is 4.74 Å². The molecule has 2 atom stereocenters. The number of aliphatic hydroxyl groups is 2. The van der Waals surface area contributed by atoms with Crippen LogP contribution in [-0.4, -0.2) is 35.6 Å². The lowest BCUT2D eigenvalue weighted by Crippen LogP contribution is -2.54. The summed E-state index contributed by atoms with van der Waals surface area (Å²) in [6, 6.07) is 0. The third-order valence-electron chi connectivity index (χ3n) is 3.49. The summed E-state index contributed by atoms with van der Waals surface area (Å²) in [5.41, 5.74) is -1.25. The van der Waals surface area contributed by atoms with Crippen LogP contribution in [0.3, 0.4) is 0 Å². The van der Waals surface area contributed by atoms with Crippen molar-refractivity contribution in [2.24, 2.45) is 5.41 Å². The molecule has 3 nitrogen and oxygen atoms in total. The van der Waals surface area contributed by atoms with Crippen LogP contribution in [0.15, 0.2) is 0 Å². The van der Waals surface area contributed by atoms with E-state index in [1.54, 1.807) is 0 Å². The number of ether oxygens (including phenoxy) is 1. The van der Waals surface area contributed by atoms with Gasteiger partial charge >= 0.3 is 0 Å². The molecule has 0 radical (unpaired) electrons. The predicted octanol–water partition coefficient (Wildman–Crippen LogP) is 1.33. The molecular formula is C11H22O3. The highest BCUT2D eigenvalue weighted by Gasteiger charge is 2.46. The molecule has 0 bridgehead atoms. The molecule has 0 saturated carbocycles. The average molecular weight is 202 g/mol. The van der Waals surface area contributed by atoms with E-state index in [1.165, 1.54) is 0 Å². The summed E-state index contributed by atoms with van der Waals surface area (Å²) in [6.07, 6.45) is 3.43. The van der Waals surface area contributed by atoms with E-state index in [4.69, 9.17) is 4.74 Å². The smallest absolute Gasteiger partial charge is 0.0955 e. The predicted molar refractivity (Wildman–Crippen MR) is 55.1 cm³/mol. The normalized spacial score (nSPS) is 32.6. The van der Waals surface area contributed by atoms with Gasteiger partial charge in [0.15, 0.2) is 0 Å². The van der Waals surface area contributed by atoms with E-state index in [0.29, 0.717) is 6.61 Å². The highest BCUT2D eigenvalue weighted by Crippen LogP contribution is 2.40. The Labute approximate surface area is 86.1 Å². The minimum absolute atomic E-state index is 0.0285. The standard InChI is InChI=1S/C11H22O3/c1-3-5-10(2,8-12)11(13)6-4-7-14-9-11/h12-13H,3-9H2,1-2H3. The first-order valence-corrected chi connectivity index (χ1v) is 5.49. The van der Waals surface area contributed by atoms with Crippen LogP contribution in [0.4, 0.5) is 0 Å². The van der Waals surface area contributed by atoms with Crippen LogP contribution < -0.4 is 0 Å². The second kappa shape index (κ2) is 4.60. The maximum absolute atomic E-state index is 10.4. The lowest BCUT2D eigenvalue weighted by Gasteiger charge is -2.46. The summed E-state index contributed by atoms with van der Waals surface area (Å²) < 4.78 is 5.32. The molecule has 2 unspecified atom stereocenters. The topological polar surface area (TPSA) is 49.7 Å². The summed E-state index contributed by atoms with van der Waals surface area (Å²) in [5, 5.41) is 19.9. The second-order valence-electron chi connectivity index (χ2n) is 4.66. The van der Waals surface area contributed by atoms with E-state index in [0.717, 1.165) is 32.3 Å². The Morgan fingerprint density at radius 3 is 2.64 bits per heavy atom. The molecule has 0 aromatic heterocycles. The molecule has 2 N–H and O–H groups in total. The molecule has 0 aliphatic carbocycles. The van der Waals surface area contributed by atoms with Gasteiger partial charge in [-0.2, -0.15) is 0 Å². The Kier molecular flexibility index (Phi) is 3.93. The zero-order valence-corrected chi connectivity index (χ0v) is 9.25. The third-order valence-corrected chi connectivity index (χ3v) is 3.49. The fraction of sp³-hybridized carbons (Fsp3) is 1.00. The zero-order valence-electron chi connectivity index (χ0n) is 9.25. The van der Waals surface area contributed by atoms with E-state index >= 15 is 0 Å². The maximum atomic E-state index is 10.4. The average Bonchev–Trinajstić information content (AvgIpc) is 2.19. The van der Waals surface area contributed by atoms with Crippen LogP contribution in [0.5, 0.6) is 0 Å². The van der Waals surface area contributed by atoms with Crippen molar-refractivity contribution < 1.29 is 14.9 Å². The molecule has 0 aromatic rings. The number of hydrogen-bond acceptors (Lipinski definition) is 3. The van der Waals surface area contributed by atoms with Crippen LogP contribution in [0.2, 0.25) is 0 Å². The summed E-state index contributed by atoms with van der Waals surface area (Å²) in [4.78, 5) is 0. The van der Waals surface area contributed by atoms with Gasteiger partial charge in [0.05, 0.1) is 18.8 Å². The van der Waals surface area contributed by atoms with Gasteiger partial charge in [0, 0.05) is 12.0 Å². The fourth-order valence-corrected chi connectivity index (χ4v) is 2.27.